The quantitative estimate of drug-likeness (QED) is 0.783. The van der Waals surface area contributed by atoms with Crippen LogP contribution in [0.1, 0.15) is 29.2 Å². The molecule has 0 radical (unpaired) electrons. The number of nitrogens with two attached hydrogens (primary N) is 1. The largest absolute Gasteiger partial charge is 0.455 e. The van der Waals surface area contributed by atoms with Gasteiger partial charge in [0.1, 0.15) is 5.76 Å². The molecule has 1 aromatic heterocycles. The van der Waals surface area contributed by atoms with E-state index in [2.05, 4.69) is 18.1 Å². The minimum Gasteiger partial charge on any atom is -0.455 e. The molecule has 1 aromatic rings. The third-order valence-electron chi connectivity index (χ3n) is 3.85. The van der Waals surface area contributed by atoms with E-state index in [4.69, 9.17) is 10.2 Å². The number of nitrogens with zero attached hydrogens (tertiary/aromatic N) is 2. The molecule has 5 heteroatoms. The highest BCUT2D eigenvalue weighted by molar-refractivity contribution is 5.91. The van der Waals surface area contributed by atoms with Crippen molar-refractivity contribution in [1.29, 1.82) is 0 Å². The Balaban J connectivity index is 1.96. The molecule has 0 bridgehead atoms. The zero-order valence-corrected chi connectivity index (χ0v) is 13.0. The normalized spacial score (nSPS) is 16.0. The van der Waals surface area contributed by atoms with Gasteiger partial charge in [0.2, 0.25) is 0 Å². The molecule has 2 heterocycles. The van der Waals surface area contributed by atoms with Gasteiger partial charge in [-0.3, -0.25) is 9.69 Å². The molecule has 2 N–H and O–H groups in total. The number of likely N-dealkylation sites (tertiary alicyclic amines) is 1. The maximum absolute atomic E-state index is 12.4. The van der Waals surface area contributed by atoms with E-state index in [0.29, 0.717) is 25.4 Å². The molecule has 0 spiro atoms. The van der Waals surface area contributed by atoms with Gasteiger partial charge in [-0.15, -0.1) is 13.2 Å². The van der Waals surface area contributed by atoms with Crippen LogP contribution in [0.3, 0.4) is 0 Å². The fraction of sp³-hybridized carbons (Fsp3) is 0.471. The Hall–Kier alpha value is -1.85. The monoisotopic (exact) mass is 303 g/mol. The summed E-state index contributed by atoms with van der Waals surface area (Å²) in [7, 11) is 0. The summed E-state index contributed by atoms with van der Waals surface area (Å²) >= 11 is 0. The second-order valence-corrected chi connectivity index (χ2v) is 5.67. The van der Waals surface area contributed by atoms with E-state index >= 15 is 0 Å². The minimum absolute atomic E-state index is 0.0443. The molecule has 1 aliphatic heterocycles. The van der Waals surface area contributed by atoms with Crippen molar-refractivity contribution in [3.63, 3.8) is 0 Å². The number of carbonyl (C=O) groups excluding carboxylic acids is 1. The van der Waals surface area contributed by atoms with Gasteiger partial charge >= 0.3 is 0 Å². The Morgan fingerprint density at radius 2 is 1.95 bits per heavy atom. The molecule has 1 fully saturated rings. The summed E-state index contributed by atoms with van der Waals surface area (Å²) in [5, 5.41) is 0. The van der Waals surface area contributed by atoms with E-state index in [1.807, 2.05) is 23.1 Å². The number of piperidine rings is 1. The summed E-state index contributed by atoms with van der Waals surface area (Å²) < 4.78 is 5.72. The molecule has 0 saturated carbocycles. The smallest absolute Gasteiger partial charge is 0.289 e. The third kappa shape index (κ3) is 4.32. The maximum atomic E-state index is 12.4. The summed E-state index contributed by atoms with van der Waals surface area (Å²) in [5.41, 5.74) is 5.87. The van der Waals surface area contributed by atoms with E-state index in [1.54, 1.807) is 6.07 Å². The van der Waals surface area contributed by atoms with Crippen molar-refractivity contribution in [3.05, 3.63) is 49.0 Å². The molecule has 22 heavy (non-hydrogen) atoms. The second kappa shape index (κ2) is 7.96. The van der Waals surface area contributed by atoms with Gasteiger partial charge in [-0.2, -0.15) is 0 Å². The van der Waals surface area contributed by atoms with Gasteiger partial charge in [0.05, 0.1) is 6.54 Å². The SMILES string of the molecule is C=CCN(CC=C)Cc1ccc(C(=O)N2CCC(N)CC2)o1. The maximum Gasteiger partial charge on any atom is 0.289 e. The summed E-state index contributed by atoms with van der Waals surface area (Å²) in [4.78, 5) is 16.4. The first-order valence-corrected chi connectivity index (χ1v) is 7.71. The first-order chi connectivity index (χ1) is 10.6. The summed E-state index contributed by atoms with van der Waals surface area (Å²) in [6.45, 7) is 11.0. The van der Waals surface area contributed by atoms with Crippen LogP contribution in [0.4, 0.5) is 0 Å². The molecule has 0 aromatic carbocycles. The molecule has 2 rings (SSSR count). The average Bonchev–Trinajstić information content (AvgIpc) is 2.96. The first-order valence-electron chi connectivity index (χ1n) is 7.71. The van der Waals surface area contributed by atoms with Crippen LogP contribution in [0.5, 0.6) is 0 Å². The van der Waals surface area contributed by atoms with Crippen LogP contribution < -0.4 is 5.73 Å². The van der Waals surface area contributed by atoms with Crippen LogP contribution >= 0.6 is 0 Å². The van der Waals surface area contributed by atoms with Gasteiger partial charge in [0.15, 0.2) is 5.76 Å². The van der Waals surface area contributed by atoms with Gasteiger partial charge in [0, 0.05) is 32.2 Å². The van der Waals surface area contributed by atoms with Gasteiger partial charge < -0.3 is 15.1 Å². The number of furan rings is 1. The fourth-order valence-electron chi connectivity index (χ4n) is 2.63. The van der Waals surface area contributed by atoms with Gasteiger partial charge in [-0.05, 0) is 25.0 Å². The zero-order chi connectivity index (χ0) is 15.9. The van der Waals surface area contributed by atoms with E-state index in [0.717, 1.165) is 31.7 Å². The lowest BCUT2D eigenvalue weighted by molar-refractivity contribution is 0.0679. The highest BCUT2D eigenvalue weighted by Gasteiger charge is 2.24. The van der Waals surface area contributed by atoms with Crippen LogP contribution in [-0.2, 0) is 6.54 Å². The summed E-state index contributed by atoms with van der Waals surface area (Å²) in [6.07, 6.45) is 5.39. The lowest BCUT2D eigenvalue weighted by Gasteiger charge is -2.29. The Morgan fingerprint density at radius 3 is 2.55 bits per heavy atom. The van der Waals surface area contributed by atoms with Crippen molar-refractivity contribution in [2.75, 3.05) is 26.2 Å². The van der Waals surface area contributed by atoms with Crippen LogP contribution in [0, 0.1) is 0 Å². The number of rotatable bonds is 7. The lowest BCUT2D eigenvalue weighted by Crippen LogP contribution is -2.42. The molecule has 0 aliphatic carbocycles. The third-order valence-corrected chi connectivity index (χ3v) is 3.85. The summed E-state index contributed by atoms with van der Waals surface area (Å²) in [6, 6.07) is 3.83. The lowest BCUT2D eigenvalue weighted by atomic mass is 10.1. The fourth-order valence-corrected chi connectivity index (χ4v) is 2.63. The van der Waals surface area contributed by atoms with Crippen LogP contribution in [0.2, 0.25) is 0 Å². The highest BCUT2D eigenvalue weighted by atomic mass is 16.4. The number of hydrogen-bond donors (Lipinski definition) is 1. The molecule has 0 unspecified atom stereocenters. The molecular weight excluding hydrogens is 278 g/mol. The number of amides is 1. The zero-order valence-electron chi connectivity index (χ0n) is 13.0. The van der Waals surface area contributed by atoms with Gasteiger partial charge in [0.25, 0.3) is 5.91 Å². The van der Waals surface area contributed by atoms with E-state index in [9.17, 15) is 4.79 Å². The molecule has 5 nitrogen and oxygen atoms in total. The minimum atomic E-state index is -0.0443. The Labute approximate surface area is 132 Å². The number of hydrogen-bond acceptors (Lipinski definition) is 4. The standard InChI is InChI=1S/C17H25N3O2/c1-3-9-19(10-4-2)13-15-5-6-16(22-15)17(21)20-11-7-14(18)8-12-20/h3-6,14H,1-2,7-13,18H2. The predicted octanol–water partition coefficient (Wildman–Crippen LogP) is 2.02. The van der Waals surface area contributed by atoms with Crippen molar-refractivity contribution in [1.82, 2.24) is 9.80 Å². The van der Waals surface area contributed by atoms with E-state index < -0.39 is 0 Å². The van der Waals surface area contributed by atoms with Crippen molar-refractivity contribution < 1.29 is 9.21 Å². The molecule has 0 atom stereocenters. The van der Waals surface area contributed by atoms with Gasteiger partial charge in [-0.1, -0.05) is 12.2 Å². The van der Waals surface area contributed by atoms with Crippen molar-refractivity contribution in [2.45, 2.75) is 25.4 Å². The molecule has 1 aliphatic rings. The Morgan fingerprint density at radius 1 is 1.32 bits per heavy atom. The number of carbonyl (C=O) groups is 1. The topological polar surface area (TPSA) is 62.7 Å². The Kier molecular flexibility index (Phi) is 5.98. The highest BCUT2D eigenvalue weighted by Crippen LogP contribution is 2.16. The second-order valence-electron chi connectivity index (χ2n) is 5.67. The van der Waals surface area contributed by atoms with Crippen molar-refractivity contribution >= 4 is 5.91 Å². The first kappa shape index (κ1) is 16.5. The van der Waals surface area contributed by atoms with Crippen molar-refractivity contribution in [3.8, 4) is 0 Å². The molecule has 1 amide bonds. The average molecular weight is 303 g/mol. The van der Waals surface area contributed by atoms with Crippen LogP contribution in [0.15, 0.2) is 41.9 Å². The molecule has 120 valence electrons. The Bertz CT molecular complexity index is 506. The van der Waals surface area contributed by atoms with Gasteiger partial charge in [-0.25, -0.2) is 0 Å². The predicted molar refractivity (Wildman–Crippen MR) is 87.5 cm³/mol. The van der Waals surface area contributed by atoms with Crippen molar-refractivity contribution in [2.24, 2.45) is 5.73 Å². The summed E-state index contributed by atoms with van der Waals surface area (Å²) in [5.74, 6) is 1.14. The van der Waals surface area contributed by atoms with E-state index in [1.165, 1.54) is 0 Å². The van der Waals surface area contributed by atoms with Crippen LogP contribution in [-0.4, -0.2) is 47.9 Å². The molecule has 1 saturated heterocycles. The van der Waals surface area contributed by atoms with E-state index in [-0.39, 0.29) is 11.9 Å². The molecular formula is C17H25N3O2. The van der Waals surface area contributed by atoms with Crippen LogP contribution in [0.25, 0.3) is 0 Å².